The zero-order valence-corrected chi connectivity index (χ0v) is 18.5. The van der Waals surface area contributed by atoms with Gasteiger partial charge in [0, 0.05) is 42.0 Å². The van der Waals surface area contributed by atoms with Gasteiger partial charge in [0.25, 0.3) is 0 Å². The van der Waals surface area contributed by atoms with Crippen LogP contribution in [0.3, 0.4) is 0 Å². The fourth-order valence-corrected chi connectivity index (χ4v) is 4.24. The van der Waals surface area contributed by atoms with Crippen LogP contribution in [0.1, 0.15) is 24.0 Å². The molecular formula is C26H25N5O3. The van der Waals surface area contributed by atoms with Gasteiger partial charge in [-0.2, -0.15) is 0 Å². The van der Waals surface area contributed by atoms with Crippen LogP contribution in [0.15, 0.2) is 71.3 Å². The number of amides is 1. The number of fused-ring (bicyclic) bond motifs is 1. The highest BCUT2D eigenvalue weighted by Crippen LogP contribution is 2.31. The van der Waals surface area contributed by atoms with Gasteiger partial charge in [-0.25, -0.2) is 0 Å². The Kier molecular flexibility index (Phi) is 5.86. The number of aromatic nitrogens is 1. The van der Waals surface area contributed by atoms with Gasteiger partial charge in [0.15, 0.2) is 11.4 Å². The first-order valence-corrected chi connectivity index (χ1v) is 11.2. The first kappa shape index (κ1) is 21.5. The summed E-state index contributed by atoms with van der Waals surface area (Å²) in [7, 11) is 0. The average Bonchev–Trinajstić information content (AvgIpc) is 3.24. The van der Waals surface area contributed by atoms with E-state index in [0.29, 0.717) is 34.5 Å². The average molecular weight is 456 g/mol. The Labute approximate surface area is 196 Å². The van der Waals surface area contributed by atoms with Crippen molar-refractivity contribution in [2.75, 3.05) is 24.1 Å². The van der Waals surface area contributed by atoms with Gasteiger partial charge in [-0.15, -0.1) is 0 Å². The highest BCUT2D eigenvalue weighted by Gasteiger charge is 2.22. The number of nitrogens with two attached hydrogens (primary N) is 1. The Morgan fingerprint density at radius 1 is 1.15 bits per heavy atom. The maximum Gasteiger partial charge on any atom is 0.209 e. The number of benzene rings is 3. The Hall–Kier alpha value is -4.33. The van der Waals surface area contributed by atoms with Gasteiger partial charge in [-0.05, 0) is 55.3 Å². The van der Waals surface area contributed by atoms with E-state index in [-0.39, 0.29) is 11.9 Å². The summed E-state index contributed by atoms with van der Waals surface area (Å²) < 4.78 is 11.2. The zero-order chi connectivity index (χ0) is 23.5. The van der Waals surface area contributed by atoms with Gasteiger partial charge in [-0.3, -0.25) is 10.2 Å². The number of hydrogen-bond donors (Lipinski definition) is 3. The smallest absolute Gasteiger partial charge is 0.209 e. The van der Waals surface area contributed by atoms with Gasteiger partial charge in [0.1, 0.15) is 11.5 Å². The van der Waals surface area contributed by atoms with Crippen molar-refractivity contribution in [3.63, 3.8) is 0 Å². The third kappa shape index (κ3) is 4.43. The Morgan fingerprint density at radius 2 is 1.91 bits per heavy atom. The van der Waals surface area contributed by atoms with Crippen LogP contribution in [0.5, 0.6) is 11.5 Å². The quantitative estimate of drug-likeness (QED) is 0.276. The van der Waals surface area contributed by atoms with Crippen molar-refractivity contribution in [1.82, 2.24) is 10.1 Å². The topological polar surface area (TPSA) is 117 Å². The van der Waals surface area contributed by atoms with E-state index in [1.54, 1.807) is 4.90 Å². The van der Waals surface area contributed by atoms with E-state index in [9.17, 15) is 4.79 Å². The molecule has 0 aliphatic carbocycles. The maximum absolute atomic E-state index is 11.3. The van der Waals surface area contributed by atoms with E-state index in [4.69, 9.17) is 20.4 Å². The summed E-state index contributed by atoms with van der Waals surface area (Å²) in [6.07, 6.45) is 2.74. The van der Waals surface area contributed by atoms with E-state index >= 15 is 0 Å². The lowest BCUT2D eigenvalue weighted by molar-refractivity contribution is -0.119. The molecule has 3 aromatic carbocycles. The summed E-state index contributed by atoms with van der Waals surface area (Å²) in [6, 6.07) is 20.7. The molecule has 1 saturated heterocycles. The van der Waals surface area contributed by atoms with Crippen LogP contribution in [0.4, 0.5) is 11.5 Å². The summed E-state index contributed by atoms with van der Waals surface area (Å²) in [5.74, 6) is 1.73. The molecule has 2 heterocycles. The SMILES string of the molecule is N=C(c1ccc(Oc2ccccc2)cc1)c1cc2c(N)noc2cc1NC1CCCN(C=O)C1. The largest absolute Gasteiger partial charge is 0.457 e. The first-order valence-electron chi connectivity index (χ1n) is 11.2. The van der Waals surface area contributed by atoms with E-state index in [1.165, 1.54) is 0 Å². The first-order chi connectivity index (χ1) is 16.6. The maximum atomic E-state index is 11.3. The number of piperidine rings is 1. The number of carbonyl (C=O) groups excluding carboxylic acids is 1. The zero-order valence-electron chi connectivity index (χ0n) is 18.5. The number of nitrogens with one attached hydrogen (secondary N) is 2. The molecule has 5 rings (SSSR count). The highest BCUT2D eigenvalue weighted by atomic mass is 16.5. The van der Waals surface area contributed by atoms with Crippen molar-refractivity contribution in [3.8, 4) is 11.5 Å². The number of carbonyl (C=O) groups is 1. The van der Waals surface area contributed by atoms with Crippen LogP contribution >= 0.6 is 0 Å². The van der Waals surface area contributed by atoms with Crippen molar-refractivity contribution in [2.45, 2.75) is 18.9 Å². The minimum atomic E-state index is 0.0740. The molecule has 1 amide bonds. The van der Waals surface area contributed by atoms with Crippen LogP contribution < -0.4 is 15.8 Å². The van der Waals surface area contributed by atoms with Gasteiger partial charge < -0.3 is 25.2 Å². The van der Waals surface area contributed by atoms with Crippen LogP contribution in [0.25, 0.3) is 11.0 Å². The number of ether oxygens (including phenoxy) is 1. The summed E-state index contributed by atoms with van der Waals surface area (Å²) >= 11 is 0. The van der Waals surface area contributed by atoms with Gasteiger partial charge >= 0.3 is 0 Å². The molecule has 8 heteroatoms. The molecule has 1 aliphatic rings. The Morgan fingerprint density at radius 3 is 2.68 bits per heavy atom. The molecule has 172 valence electrons. The van der Waals surface area contributed by atoms with Crippen LogP contribution in [-0.2, 0) is 4.79 Å². The summed E-state index contributed by atoms with van der Waals surface area (Å²) in [4.78, 5) is 13.0. The van der Waals surface area contributed by atoms with Crippen LogP contribution in [0, 0.1) is 5.41 Å². The third-order valence-electron chi connectivity index (χ3n) is 5.99. The Bertz CT molecular complexity index is 1320. The number of anilines is 2. The van der Waals surface area contributed by atoms with E-state index in [0.717, 1.165) is 42.8 Å². The molecule has 34 heavy (non-hydrogen) atoms. The van der Waals surface area contributed by atoms with E-state index in [2.05, 4.69) is 10.5 Å². The molecule has 1 aliphatic heterocycles. The minimum absolute atomic E-state index is 0.0740. The molecule has 0 bridgehead atoms. The lowest BCUT2D eigenvalue weighted by Crippen LogP contribution is -2.41. The number of hydrogen-bond acceptors (Lipinski definition) is 7. The van der Waals surface area contributed by atoms with E-state index < -0.39 is 0 Å². The number of nitrogens with zero attached hydrogens (tertiary/aromatic N) is 2. The number of rotatable bonds is 7. The van der Waals surface area contributed by atoms with Gasteiger partial charge in [0.2, 0.25) is 6.41 Å². The third-order valence-corrected chi connectivity index (χ3v) is 5.99. The van der Waals surface area contributed by atoms with Crippen molar-refractivity contribution < 1.29 is 14.1 Å². The summed E-state index contributed by atoms with van der Waals surface area (Å²) in [6.45, 7) is 1.37. The Balaban J connectivity index is 1.44. The van der Waals surface area contributed by atoms with Crippen molar-refractivity contribution >= 4 is 34.6 Å². The lowest BCUT2D eigenvalue weighted by atomic mass is 9.97. The summed E-state index contributed by atoms with van der Waals surface area (Å²) in [5, 5.41) is 17.0. The van der Waals surface area contributed by atoms with Crippen molar-refractivity contribution in [1.29, 1.82) is 5.41 Å². The predicted octanol–water partition coefficient (Wildman–Crippen LogP) is 4.65. The molecule has 8 nitrogen and oxygen atoms in total. The van der Waals surface area contributed by atoms with Crippen molar-refractivity contribution in [2.24, 2.45) is 0 Å². The van der Waals surface area contributed by atoms with Crippen molar-refractivity contribution in [3.05, 3.63) is 77.9 Å². The molecule has 4 aromatic rings. The fourth-order valence-electron chi connectivity index (χ4n) is 4.24. The number of nitrogen functional groups attached to an aromatic ring is 1. The van der Waals surface area contributed by atoms with Gasteiger partial charge in [0.05, 0.1) is 11.1 Å². The molecule has 1 unspecified atom stereocenters. The summed E-state index contributed by atoms with van der Waals surface area (Å²) in [5.41, 5.74) is 9.03. The standard InChI is InChI=1S/C26H25N5O3/c27-25(17-8-10-20(11-9-17)33-19-6-2-1-3-7-19)21-13-22-24(34-30-26(22)28)14-23(21)29-18-5-4-12-31(15-18)16-32/h1-3,6-11,13-14,16,18,27,29H,4-5,12,15H2,(H2,28,30). The minimum Gasteiger partial charge on any atom is -0.457 e. The number of likely N-dealkylation sites (tertiary alicyclic amines) is 1. The monoisotopic (exact) mass is 455 g/mol. The number of para-hydroxylation sites is 1. The predicted molar refractivity (Wildman–Crippen MR) is 132 cm³/mol. The molecule has 1 atom stereocenters. The molecule has 1 aromatic heterocycles. The molecule has 4 N–H and O–H groups in total. The highest BCUT2D eigenvalue weighted by molar-refractivity contribution is 6.16. The van der Waals surface area contributed by atoms with Crippen LogP contribution in [-0.4, -0.2) is 41.3 Å². The second-order valence-corrected chi connectivity index (χ2v) is 8.36. The lowest BCUT2D eigenvalue weighted by Gasteiger charge is -2.31. The normalized spacial score (nSPS) is 15.8. The van der Waals surface area contributed by atoms with E-state index in [1.807, 2.05) is 66.7 Å². The molecular weight excluding hydrogens is 430 g/mol. The second-order valence-electron chi connectivity index (χ2n) is 8.36. The molecule has 0 spiro atoms. The van der Waals surface area contributed by atoms with Gasteiger partial charge in [-0.1, -0.05) is 23.4 Å². The molecule has 0 saturated carbocycles. The molecule has 0 radical (unpaired) electrons. The van der Waals surface area contributed by atoms with Crippen LogP contribution in [0.2, 0.25) is 0 Å². The fraction of sp³-hybridized carbons (Fsp3) is 0.192. The molecule has 1 fully saturated rings. The second kappa shape index (κ2) is 9.27.